The Hall–Kier alpha value is -1.19. The Bertz CT molecular complexity index is 421. The minimum absolute atomic E-state index is 0.148. The van der Waals surface area contributed by atoms with Crippen LogP contribution >= 0.6 is 0 Å². The van der Waals surface area contributed by atoms with Crippen LogP contribution in [0, 0.1) is 0 Å². The summed E-state index contributed by atoms with van der Waals surface area (Å²) in [6.45, 7) is 0.703. The lowest BCUT2D eigenvalue weighted by molar-refractivity contribution is -0.287. The van der Waals surface area contributed by atoms with Crippen LogP contribution in [0.25, 0.3) is 0 Å². The Morgan fingerprint density at radius 3 is 2.72 bits per heavy atom. The SMILES string of the molecule is O=C1C[C@@H](c2ccccc2)O[C@@]2(CCCCO2)C1. The molecule has 96 valence electrons. The molecule has 2 aliphatic heterocycles. The van der Waals surface area contributed by atoms with Gasteiger partial charge in [0.25, 0.3) is 0 Å². The molecule has 1 spiro atoms. The molecule has 0 aliphatic carbocycles. The van der Waals surface area contributed by atoms with Gasteiger partial charge in [-0.1, -0.05) is 30.3 Å². The first-order valence-electron chi connectivity index (χ1n) is 6.66. The fourth-order valence-corrected chi connectivity index (χ4v) is 2.83. The second-order valence-corrected chi connectivity index (χ2v) is 5.15. The number of benzene rings is 1. The fraction of sp³-hybridized carbons (Fsp3) is 0.533. The molecule has 0 aromatic heterocycles. The van der Waals surface area contributed by atoms with Gasteiger partial charge < -0.3 is 9.47 Å². The van der Waals surface area contributed by atoms with Gasteiger partial charge in [-0.15, -0.1) is 0 Å². The van der Waals surface area contributed by atoms with Gasteiger partial charge in [0.2, 0.25) is 0 Å². The number of rotatable bonds is 1. The van der Waals surface area contributed by atoms with Gasteiger partial charge in [0.15, 0.2) is 5.79 Å². The molecular formula is C15H18O3. The smallest absolute Gasteiger partial charge is 0.175 e. The lowest BCUT2D eigenvalue weighted by atomic mass is 9.91. The van der Waals surface area contributed by atoms with Crippen molar-refractivity contribution in [1.82, 2.24) is 0 Å². The van der Waals surface area contributed by atoms with Gasteiger partial charge in [0.1, 0.15) is 5.78 Å². The molecule has 2 saturated heterocycles. The molecule has 3 rings (SSSR count). The summed E-state index contributed by atoms with van der Waals surface area (Å²) in [5, 5.41) is 0. The van der Waals surface area contributed by atoms with Crippen LogP contribution in [0.5, 0.6) is 0 Å². The molecule has 1 aromatic rings. The maximum absolute atomic E-state index is 12.0. The molecule has 0 N–H and O–H groups in total. The number of ketones is 1. The van der Waals surface area contributed by atoms with Crippen LogP contribution in [0.15, 0.2) is 30.3 Å². The van der Waals surface area contributed by atoms with E-state index < -0.39 is 5.79 Å². The van der Waals surface area contributed by atoms with Crippen molar-refractivity contribution in [2.24, 2.45) is 0 Å². The zero-order valence-electron chi connectivity index (χ0n) is 10.4. The van der Waals surface area contributed by atoms with E-state index in [1.54, 1.807) is 0 Å². The summed E-state index contributed by atoms with van der Waals surface area (Å²) in [5.74, 6) is -0.398. The van der Waals surface area contributed by atoms with Gasteiger partial charge in [-0.25, -0.2) is 0 Å². The van der Waals surface area contributed by atoms with E-state index in [0.29, 0.717) is 19.4 Å². The second kappa shape index (κ2) is 4.82. The van der Waals surface area contributed by atoms with E-state index in [1.165, 1.54) is 0 Å². The quantitative estimate of drug-likeness (QED) is 0.764. The molecule has 2 heterocycles. The molecule has 0 radical (unpaired) electrons. The van der Waals surface area contributed by atoms with E-state index in [4.69, 9.17) is 9.47 Å². The number of carbonyl (C=O) groups is 1. The molecular weight excluding hydrogens is 228 g/mol. The van der Waals surface area contributed by atoms with Crippen molar-refractivity contribution in [3.05, 3.63) is 35.9 Å². The van der Waals surface area contributed by atoms with E-state index in [9.17, 15) is 4.79 Å². The first-order valence-corrected chi connectivity index (χ1v) is 6.66. The van der Waals surface area contributed by atoms with E-state index in [2.05, 4.69) is 0 Å². The highest BCUT2D eigenvalue weighted by Gasteiger charge is 2.43. The summed E-state index contributed by atoms with van der Waals surface area (Å²) in [5.41, 5.74) is 1.07. The van der Waals surface area contributed by atoms with Gasteiger partial charge in [-0.3, -0.25) is 4.79 Å². The van der Waals surface area contributed by atoms with E-state index in [0.717, 1.165) is 24.8 Å². The van der Waals surface area contributed by atoms with Crippen molar-refractivity contribution in [1.29, 1.82) is 0 Å². The van der Waals surface area contributed by atoms with Gasteiger partial charge in [-0.2, -0.15) is 0 Å². The molecule has 0 bridgehead atoms. The predicted molar refractivity (Wildman–Crippen MR) is 67.0 cm³/mol. The Balaban J connectivity index is 1.82. The molecule has 0 amide bonds. The standard InChI is InChI=1S/C15H18O3/c16-13-10-14(12-6-2-1-3-7-12)18-15(11-13)8-4-5-9-17-15/h1-3,6-7,14H,4-5,8-11H2/t14-,15-/m0/s1. The summed E-state index contributed by atoms with van der Waals surface area (Å²) in [7, 11) is 0. The Morgan fingerprint density at radius 2 is 2.00 bits per heavy atom. The Labute approximate surface area is 107 Å². The zero-order valence-corrected chi connectivity index (χ0v) is 10.4. The second-order valence-electron chi connectivity index (χ2n) is 5.15. The molecule has 3 nitrogen and oxygen atoms in total. The summed E-state index contributed by atoms with van der Waals surface area (Å²) >= 11 is 0. The van der Waals surface area contributed by atoms with Gasteiger partial charge in [0.05, 0.1) is 19.1 Å². The minimum atomic E-state index is -0.645. The minimum Gasteiger partial charge on any atom is -0.349 e. The van der Waals surface area contributed by atoms with E-state index in [-0.39, 0.29) is 11.9 Å². The first kappa shape index (κ1) is 11.9. The van der Waals surface area contributed by atoms with Crippen LogP contribution in [0.2, 0.25) is 0 Å². The van der Waals surface area contributed by atoms with Crippen molar-refractivity contribution in [2.45, 2.75) is 44.0 Å². The van der Waals surface area contributed by atoms with Gasteiger partial charge in [-0.05, 0) is 18.4 Å². The normalized spacial score (nSPS) is 32.7. The van der Waals surface area contributed by atoms with Crippen LogP contribution in [0.3, 0.4) is 0 Å². The van der Waals surface area contributed by atoms with Crippen LogP contribution in [0.4, 0.5) is 0 Å². The van der Waals surface area contributed by atoms with E-state index >= 15 is 0 Å². The molecule has 18 heavy (non-hydrogen) atoms. The largest absolute Gasteiger partial charge is 0.349 e. The lowest BCUT2D eigenvalue weighted by Gasteiger charge is -2.42. The average molecular weight is 246 g/mol. The Morgan fingerprint density at radius 1 is 1.17 bits per heavy atom. The summed E-state index contributed by atoms with van der Waals surface area (Å²) in [6, 6.07) is 9.96. The molecule has 0 saturated carbocycles. The maximum atomic E-state index is 12.0. The van der Waals surface area contributed by atoms with Crippen molar-refractivity contribution in [3.63, 3.8) is 0 Å². The zero-order chi connectivity index (χ0) is 12.4. The highest BCUT2D eigenvalue weighted by molar-refractivity contribution is 5.80. The summed E-state index contributed by atoms with van der Waals surface area (Å²) < 4.78 is 11.9. The molecule has 3 heteroatoms. The maximum Gasteiger partial charge on any atom is 0.175 e. The predicted octanol–water partition coefficient (Wildman–Crippen LogP) is 3.00. The van der Waals surface area contributed by atoms with Crippen LogP contribution in [-0.2, 0) is 14.3 Å². The van der Waals surface area contributed by atoms with Crippen LogP contribution in [-0.4, -0.2) is 18.2 Å². The van der Waals surface area contributed by atoms with Crippen LogP contribution < -0.4 is 0 Å². The number of carbonyl (C=O) groups excluding carboxylic acids is 1. The lowest BCUT2D eigenvalue weighted by Crippen LogP contribution is -2.45. The van der Waals surface area contributed by atoms with Crippen LogP contribution in [0.1, 0.15) is 43.8 Å². The Kier molecular flexibility index (Phi) is 3.18. The van der Waals surface area contributed by atoms with Crippen molar-refractivity contribution in [3.8, 4) is 0 Å². The van der Waals surface area contributed by atoms with E-state index in [1.807, 2.05) is 30.3 Å². The monoisotopic (exact) mass is 246 g/mol. The highest BCUT2D eigenvalue weighted by atomic mass is 16.7. The third kappa shape index (κ3) is 2.33. The number of Topliss-reactive ketones (excluding diaryl/α,β-unsaturated/α-hetero) is 1. The molecule has 2 atom stereocenters. The molecule has 2 fully saturated rings. The summed E-state index contributed by atoms with van der Waals surface area (Å²) in [6.07, 6.45) is 3.71. The average Bonchev–Trinajstić information content (AvgIpc) is 2.40. The number of hydrogen-bond donors (Lipinski definition) is 0. The van der Waals surface area contributed by atoms with Crippen molar-refractivity contribution < 1.29 is 14.3 Å². The summed E-state index contributed by atoms with van der Waals surface area (Å²) in [4.78, 5) is 12.0. The third-order valence-electron chi connectivity index (χ3n) is 3.73. The third-order valence-corrected chi connectivity index (χ3v) is 3.73. The fourth-order valence-electron chi connectivity index (χ4n) is 2.83. The van der Waals surface area contributed by atoms with Gasteiger partial charge >= 0.3 is 0 Å². The molecule has 2 aliphatic rings. The van der Waals surface area contributed by atoms with Crippen molar-refractivity contribution in [2.75, 3.05) is 6.61 Å². The number of ether oxygens (including phenoxy) is 2. The highest BCUT2D eigenvalue weighted by Crippen LogP contribution is 2.40. The van der Waals surface area contributed by atoms with Crippen molar-refractivity contribution >= 4 is 5.78 Å². The topological polar surface area (TPSA) is 35.5 Å². The first-order chi connectivity index (χ1) is 8.77. The molecule has 0 unspecified atom stereocenters. The number of hydrogen-bond acceptors (Lipinski definition) is 3. The van der Waals surface area contributed by atoms with Gasteiger partial charge in [0, 0.05) is 12.8 Å². The molecule has 1 aromatic carbocycles.